The number of fused-ring (bicyclic) bond motifs is 1. The van der Waals surface area contributed by atoms with Crippen LogP contribution in [0, 0.1) is 5.82 Å². The zero-order valence-electron chi connectivity index (χ0n) is 15.4. The van der Waals surface area contributed by atoms with Gasteiger partial charge in [-0.05, 0) is 48.7 Å². The summed E-state index contributed by atoms with van der Waals surface area (Å²) in [6.45, 7) is 1.47. The molecular formula is C20H18FNO5S. The highest BCUT2D eigenvalue weighted by molar-refractivity contribution is 7.20. The van der Waals surface area contributed by atoms with E-state index < -0.39 is 18.0 Å². The fourth-order valence-corrected chi connectivity index (χ4v) is 3.46. The number of hydrogen-bond acceptors (Lipinski definition) is 6. The number of esters is 1. The van der Waals surface area contributed by atoms with Crippen LogP contribution < -0.4 is 14.8 Å². The molecule has 0 saturated carbocycles. The van der Waals surface area contributed by atoms with Gasteiger partial charge in [-0.15, -0.1) is 11.3 Å². The fraction of sp³-hybridized carbons (Fsp3) is 0.200. The van der Waals surface area contributed by atoms with Crippen LogP contribution in [0.1, 0.15) is 16.6 Å². The first kappa shape index (κ1) is 19.6. The lowest BCUT2D eigenvalue weighted by Crippen LogP contribution is -2.30. The van der Waals surface area contributed by atoms with E-state index in [1.165, 1.54) is 44.6 Å². The molecule has 8 heteroatoms. The first-order valence-corrected chi connectivity index (χ1v) is 9.16. The summed E-state index contributed by atoms with van der Waals surface area (Å²) in [5.74, 6) is -0.573. The minimum Gasteiger partial charge on any atom is -0.497 e. The minimum absolute atomic E-state index is 0.291. The predicted octanol–water partition coefficient (Wildman–Crippen LogP) is 4.24. The number of benzene rings is 2. The SMILES string of the molecule is COc1ccc(OC)c(NC(=O)C(C)OC(=O)c2cc3cc(F)ccc3s2)c1. The third kappa shape index (κ3) is 4.23. The molecule has 0 aliphatic carbocycles. The van der Waals surface area contributed by atoms with Crippen LogP contribution in [0.4, 0.5) is 10.1 Å². The number of methoxy groups -OCH3 is 2. The van der Waals surface area contributed by atoms with Crippen molar-refractivity contribution in [3.63, 3.8) is 0 Å². The lowest BCUT2D eigenvalue weighted by atomic mass is 10.2. The van der Waals surface area contributed by atoms with E-state index in [0.29, 0.717) is 27.4 Å². The van der Waals surface area contributed by atoms with Crippen LogP contribution >= 0.6 is 11.3 Å². The standard InChI is InChI=1S/C20H18FNO5S/c1-11(19(23)22-15-10-14(25-2)5-6-16(15)26-3)27-20(24)18-9-12-8-13(21)4-7-17(12)28-18/h4-11H,1-3H3,(H,22,23). The van der Waals surface area contributed by atoms with Crippen LogP contribution in [-0.4, -0.2) is 32.2 Å². The second-order valence-electron chi connectivity index (χ2n) is 5.90. The summed E-state index contributed by atoms with van der Waals surface area (Å²) in [7, 11) is 2.99. The normalized spacial score (nSPS) is 11.7. The van der Waals surface area contributed by atoms with Crippen LogP contribution in [0.2, 0.25) is 0 Å². The van der Waals surface area contributed by atoms with Gasteiger partial charge in [-0.1, -0.05) is 0 Å². The number of amides is 1. The summed E-state index contributed by atoms with van der Waals surface area (Å²) < 4.78 is 29.7. The Morgan fingerprint density at radius 2 is 1.86 bits per heavy atom. The number of thiophene rings is 1. The van der Waals surface area contributed by atoms with Crippen molar-refractivity contribution in [2.24, 2.45) is 0 Å². The number of carbonyl (C=O) groups excluding carboxylic acids is 2. The van der Waals surface area contributed by atoms with E-state index in [4.69, 9.17) is 14.2 Å². The molecule has 0 fully saturated rings. The molecule has 28 heavy (non-hydrogen) atoms. The van der Waals surface area contributed by atoms with E-state index in [-0.39, 0.29) is 5.82 Å². The van der Waals surface area contributed by atoms with Gasteiger partial charge >= 0.3 is 5.97 Å². The molecule has 1 unspecified atom stereocenters. The van der Waals surface area contributed by atoms with Gasteiger partial charge in [-0.25, -0.2) is 9.18 Å². The Morgan fingerprint density at radius 3 is 2.57 bits per heavy atom. The highest BCUT2D eigenvalue weighted by atomic mass is 32.1. The first-order chi connectivity index (χ1) is 13.4. The molecule has 0 spiro atoms. The molecule has 2 aromatic carbocycles. The Hall–Kier alpha value is -3.13. The summed E-state index contributed by atoms with van der Waals surface area (Å²) >= 11 is 1.17. The molecular weight excluding hydrogens is 385 g/mol. The number of anilines is 1. The summed E-state index contributed by atoms with van der Waals surface area (Å²) in [5, 5.41) is 3.27. The zero-order chi connectivity index (χ0) is 20.3. The highest BCUT2D eigenvalue weighted by Gasteiger charge is 2.22. The molecule has 0 saturated heterocycles. The van der Waals surface area contributed by atoms with E-state index in [2.05, 4.69) is 5.32 Å². The van der Waals surface area contributed by atoms with Crippen molar-refractivity contribution < 1.29 is 28.2 Å². The number of ether oxygens (including phenoxy) is 3. The quantitative estimate of drug-likeness (QED) is 0.623. The van der Waals surface area contributed by atoms with Gasteiger partial charge in [0.05, 0.1) is 19.9 Å². The van der Waals surface area contributed by atoms with Crippen molar-refractivity contribution >= 4 is 39.0 Å². The molecule has 0 aliphatic rings. The number of rotatable bonds is 6. The summed E-state index contributed by atoms with van der Waals surface area (Å²) in [4.78, 5) is 25.1. The minimum atomic E-state index is -1.05. The van der Waals surface area contributed by atoms with Crippen molar-refractivity contribution in [3.8, 4) is 11.5 Å². The molecule has 1 amide bonds. The van der Waals surface area contributed by atoms with E-state index in [0.717, 1.165) is 4.70 Å². The fourth-order valence-electron chi connectivity index (χ4n) is 2.53. The second-order valence-corrected chi connectivity index (χ2v) is 6.98. The van der Waals surface area contributed by atoms with Gasteiger partial charge in [0.1, 0.15) is 22.2 Å². The lowest BCUT2D eigenvalue weighted by Gasteiger charge is -2.15. The Morgan fingerprint density at radius 1 is 1.07 bits per heavy atom. The molecule has 0 radical (unpaired) electrons. The van der Waals surface area contributed by atoms with Crippen LogP contribution in [0.3, 0.4) is 0 Å². The van der Waals surface area contributed by atoms with Crippen LogP contribution in [-0.2, 0) is 9.53 Å². The third-order valence-corrected chi connectivity index (χ3v) is 5.09. The molecule has 3 rings (SSSR count). The zero-order valence-corrected chi connectivity index (χ0v) is 16.3. The maximum atomic E-state index is 13.3. The van der Waals surface area contributed by atoms with Gasteiger partial charge in [0.25, 0.3) is 5.91 Å². The van der Waals surface area contributed by atoms with Crippen molar-refractivity contribution in [1.29, 1.82) is 0 Å². The molecule has 1 heterocycles. The van der Waals surface area contributed by atoms with Gasteiger partial charge in [-0.2, -0.15) is 0 Å². The smallest absolute Gasteiger partial charge is 0.349 e. The van der Waals surface area contributed by atoms with Gasteiger partial charge in [0.2, 0.25) is 0 Å². The van der Waals surface area contributed by atoms with Crippen molar-refractivity contribution in [1.82, 2.24) is 0 Å². The molecule has 146 valence electrons. The lowest BCUT2D eigenvalue weighted by molar-refractivity contribution is -0.123. The summed E-state index contributed by atoms with van der Waals surface area (Å²) in [5.41, 5.74) is 0.395. The van der Waals surface area contributed by atoms with Gasteiger partial charge in [-0.3, -0.25) is 4.79 Å². The molecule has 0 bridgehead atoms. The van der Waals surface area contributed by atoms with Crippen molar-refractivity contribution in [3.05, 3.63) is 53.2 Å². The largest absolute Gasteiger partial charge is 0.497 e. The molecule has 1 N–H and O–H groups in total. The molecule has 1 atom stereocenters. The molecule has 1 aromatic heterocycles. The number of halogens is 1. The van der Waals surface area contributed by atoms with Gasteiger partial charge < -0.3 is 19.5 Å². The Bertz CT molecular complexity index is 1030. The molecule has 0 aliphatic heterocycles. The van der Waals surface area contributed by atoms with Crippen molar-refractivity contribution in [2.75, 3.05) is 19.5 Å². The Kier molecular flexibility index (Phi) is 5.79. The van der Waals surface area contributed by atoms with E-state index in [9.17, 15) is 14.0 Å². The maximum Gasteiger partial charge on any atom is 0.349 e. The molecule has 3 aromatic rings. The van der Waals surface area contributed by atoms with E-state index >= 15 is 0 Å². The number of carbonyl (C=O) groups is 2. The summed E-state index contributed by atoms with van der Waals surface area (Å²) in [6.07, 6.45) is -1.05. The second kappa shape index (κ2) is 8.26. The predicted molar refractivity (Wildman–Crippen MR) is 105 cm³/mol. The van der Waals surface area contributed by atoms with E-state index in [1.54, 1.807) is 30.3 Å². The average molecular weight is 403 g/mol. The highest BCUT2D eigenvalue weighted by Crippen LogP contribution is 2.30. The van der Waals surface area contributed by atoms with Crippen LogP contribution in [0.5, 0.6) is 11.5 Å². The topological polar surface area (TPSA) is 73.9 Å². The summed E-state index contributed by atoms with van der Waals surface area (Å²) in [6, 6.07) is 10.8. The monoisotopic (exact) mass is 403 g/mol. The van der Waals surface area contributed by atoms with Gasteiger partial charge in [0, 0.05) is 10.8 Å². The van der Waals surface area contributed by atoms with Crippen molar-refractivity contribution in [2.45, 2.75) is 13.0 Å². The van der Waals surface area contributed by atoms with E-state index in [1.807, 2.05) is 0 Å². The average Bonchev–Trinajstić information content (AvgIpc) is 3.11. The Balaban J connectivity index is 1.70. The first-order valence-electron chi connectivity index (χ1n) is 8.34. The maximum absolute atomic E-state index is 13.3. The molecule has 6 nitrogen and oxygen atoms in total. The Labute approximate surface area is 164 Å². The third-order valence-electron chi connectivity index (χ3n) is 4.00. The van der Waals surface area contributed by atoms with Gasteiger partial charge in [0.15, 0.2) is 6.10 Å². The van der Waals surface area contributed by atoms with Crippen LogP contribution in [0.15, 0.2) is 42.5 Å². The van der Waals surface area contributed by atoms with Crippen LogP contribution in [0.25, 0.3) is 10.1 Å². The number of nitrogens with one attached hydrogen (secondary N) is 1. The number of hydrogen-bond donors (Lipinski definition) is 1.